The molecule has 1 N–H and O–H groups in total. The monoisotopic (exact) mass is 332 g/mol. The lowest BCUT2D eigenvalue weighted by molar-refractivity contribution is -0.156. The number of thioether (sulfide) groups is 1. The summed E-state index contributed by atoms with van der Waals surface area (Å²) in [5.41, 5.74) is 0.0802. The molecule has 0 aromatic rings. The van der Waals surface area contributed by atoms with E-state index in [1.165, 1.54) is 6.92 Å². The smallest absolute Gasteiger partial charge is 0.303 e. The van der Waals surface area contributed by atoms with Gasteiger partial charge in [-0.2, -0.15) is 0 Å². The third-order valence-electron chi connectivity index (χ3n) is 4.50. The minimum absolute atomic E-state index is 0.0633. The van der Waals surface area contributed by atoms with Crippen LogP contribution in [-0.2, 0) is 19.1 Å². The molecule has 1 fully saturated rings. The minimum atomic E-state index is -0.740. The molecule has 0 saturated carbocycles. The van der Waals surface area contributed by atoms with Crippen LogP contribution in [0.5, 0.6) is 0 Å². The zero-order valence-electron chi connectivity index (χ0n) is 13.9. The van der Waals surface area contributed by atoms with Gasteiger partial charge in [-0.05, 0) is 36.3 Å². The van der Waals surface area contributed by atoms with Crippen molar-refractivity contribution in [1.82, 2.24) is 0 Å². The molecule has 1 saturated heterocycles. The number of rotatable bonds is 8. The molecule has 0 bridgehead atoms. The number of esters is 1. The summed E-state index contributed by atoms with van der Waals surface area (Å²) in [6, 6.07) is 0. The molecule has 1 aliphatic heterocycles. The van der Waals surface area contributed by atoms with Gasteiger partial charge in [0.2, 0.25) is 0 Å². The van der Waals surface area contributed by atoms with Crippen LogP contribution in [0.15, 0.2) is 0 Å². The highest BCUT2D eigenvalue weighted by molar-refractivity contribution is 7.99. The van der Waals surface area contributed by atoms with Crippen molar-refractivity contribution < 1.29 is 24.2 Å². The van der Waals surface area contributed by atoms with E-state index in [1.54, 1.807) is 11.8 Å². The molecule has 1 heterocycles. The maximum atomic E-state index is 11.0. The quantitative estimate of drug-likeness (QED) is 0.544. The van der Waals surface area contributed by atoms with E-state index in [0.717, 1.165) is 12.2 Å². The van der Waals surface area contributed by atoms with E-state index in [0.29, 0.717) is 30.8 Å². The van der Waals surface area contributed by atoms with Gasteiger partial charge in [-0.25, -0.2) is 0 Å². The van der Waals surface area contributed by atoms with Crippen LogP contribution in [0.25, 0.3) is 0 Å². The van der Waals surface area contributed by atoms with Crippen LogP contribution in [-0.4, -0.2) is 40.9 Å². The average molecular weight is 332 g/mol. The van der Waals surface area contributed by atoms with E-state index >= 15 is 0 Å². The van der Waals surface area contributed by atoms with Crippen molar-refractivity contribution in [2.45, 2.75) is 58.5 Å². The summed E-state index contributed by atoms with van der Waals surface area (Å²) < 4.78 is 11.2. The predicted molar refractivity (Wildman–Crippen MR) is 86.7 cm³/mol. The van der Waals surface area contributed by atoms with E-state index in [1.807, 2.05) is 0 Å². The molecule has 5 unspecified atom stereocenters. The predicted octanol–water partition coefficient (Wildman–Crippen LogP) is 3.17. The number of carboxylic acids is 1. The molecule has 1 aliphatic rings. The molecule has 22 heavy (non-hydrogen) atoms. The van der Waals surface area contributed by atoms with Crippen LogP contribution in [0.1, 0.15) is 47.0 Å². The van der Waals surface area contributed by atoms with Crippen LogP contribution < -0.4 is 0 Å². The fourth-order valence-electron chi connectivity index (χ4n) is 2.64. The standard InChI is InChI=1S/C16H28O5S/c1-10-11(2)14(9-20-13(4)17)21-16(12(10)3)22-8-6-5-7-15(18)19/h10-12,14,16H,5-9H2,1-4H3,(H,18,19). The number of hydrogen-bond acceptors (Lipinski definition) is 5. The molecule has 0 radical (unpaired) electrons. The first-order valence-corrected chi connectivity index (χ1v) is 9.00. The summed E-state index contributed by atoms with van der Waals surface area (Å²) in [5, 5.41) is 8.63. The van der Waals surface area contributed by atoms with Crippen LogP contribution >= 0.6 is 11.8 Å². The SMILES string of the molecule is CC(=O)OCC1OC(SCCCCC(=O)O)C(C)C(C)C1C. The fourth-order valence-corrected chi connectivity index (χ4v) is 4.02. The minimum Gasteiger partial charge on any atom is -0.481 e. The van der Waals surface area contributed by atoms with Gasteiger partial charge in [0, 0.05) is 13.3 Å². The number of unbranched alkanes of at least 4 members (excludes halogenated alkanes) is 1. The summed E-state index contributed by atoms with van der Waals surface area (Å²) >= 11 is 1.75. The number of aliphatic carboxylic acids is 1. The zero-order valence-corrected chi connectivity index (χ0v) is 14.7. The van der Waals surface area contributed by atoms with E-state index in [-0.39, 0.29) is 23.9 Å². The van der Waals surface area contributed by atoms with Crippen LogP contribution in [0, 0.1) is 17.8 Å². The van der Waals surface area contributed by atoms with Crippen molar-refractivity contribution in [1.29, 1.82) is 0 Å². The van der Waals surface area contributed by atoms with E-state index < -0.39 is 5.97 Å². The maximum absolute atomic E-state index is 11.0. The van der Waals surface area contributed by atoms with Gasteiger partial charge in [0.1, 0.15) is 12.0 Å². The van der Waals surface area contributed by atoms with Crippen molar-refractivity contribution in [2.75, 3.05) is 12.4 Å². The molecule has 128 valence electrons. The van der Waals surface area contributed by atoms with E-state index in [9.17, 15) is 9.59 Å². The van der Waals surface area contributed by atoms with Crippen LogP contribution in [0.4, 0.5) is 0 Å². The Hall–Kier alpha value is -0.750. The highest BCUT2D eigenvalue weighted by Crippen LogP contribution is 2.39. The van der Waals surface area contributed by atoms with Gasteiger partial charge in [-0.3, -0.25) is 9.59 Å². The summed E-state index contributed by atoms with van der Waals surface area (Å²) in [6.07, 6.45) is 1.74. The van der Waals surface area contributed by atoms with Crippen LogP contribution in [0.2, 0.25) is 0 Å². The number of carboxylic acid groups (broad SMARTS) is 1. The van der Waals surface area contributed by atoms with Gasteiger partial charge in [0.15, 0.2) is 0 Å². The molecule has 0 amide bonds. The number of hydrogen-bond donors (Lipinski definition) is 1. The Morgan fingerprint density at radius 2 is 1.82 bits per heavy atom. The summed E-state index contributed by atoms with van der Waals surface area (Å²) in [6.45, 7) is 8.27. The van der Waals surface area contributed by atoms with Gasteiger partial charge >= 0.3 is 11.9 Å². The number of ether oxygens (including phenoxy) is 2. The van der Waals surface area contributed by atoms with Gasteiger partial charge < -0.3 is 14.6 Å². The Labute approximate surface area is 137 Å². The summed E-state index contributed by atoms with van der Waals surface area (Å²) in [4.78, 5) is 21.5. The molecule has 1 rings (SSSR count). The summed E-state index contributed by atoms with van der Waals surface area (Å²) in [5.74, 6) is 1.14. The molecular formula is C16H28O5S. The molecule has 6 heteroatoms. The molecule has 5 atom stereocenters. The first-order valence-electron chi connectivity index (χ1n) is 7.95. The Morgan fingerprint density at radius 1 is 1.14 bits per heavy atom. The summed E-state index contributed by atoms with van der Waals surface area (Å²) in [7, 11) is 0. The average Bonchev–Trinajstić information content (AvgIpc) is 2.45. The normalized spacial score (nSPS) is 31.7. The van der Waals surface area contributed by atoms with Gasteiger partial charge in [-0.15, -0.1) is 11.8 Å². The zero-order chi connectivity index (χ0) is 16.7. The van der Waals surface area contributed by atoms with E-state index in [4.69, 9.17) is 14.6 Å². The third-order valence-corrected chi connectivity index (χ3v) is 5.89. The second-order valence-corrected chi connectivity index (χ2v) is 7.35. The van der Waals surface area contributed by atoms with Gasteiger partial charge in [0.25, 0.3) is 0 Å². The maximum Gasteiger partial charge on any atom is 0.303 e. The van der Waals surface area contributed by atoms with Crippen LogP contribution in [0.3, 0.4) is 0 Å². The van der Waals surface area contributed by atoms with Crippen molar-refractivity contribution in [2.24, 2.45) is 17.8 Å². The van der Waals surface area contributed by atoms with Gasteiger partial charge in [-0.1, -0.05) is 20.8 Å². The van der Waals surface area contributed by atoms with Crippen molar-refractivity contribution in [3.8, 4) is 0 Å². The first kappa shape index (κ1) is 19.3. The number of carbonyl (C=O) groups is 2. The lowest BCUT2D eigenvalue weighted by atomic mass is 9.80. The second-order valence-electron chi connectivity index (χ2n) is 6.14. The molecule has 5 nitrogen and oxygen atoms in total. The molecule has 0 aliphatic carbocycles. The Morgan fingerprint density at radius 3 is 2.41 bits per heavy atom. The molecular weight excluding hydrogens is 304 g/mol. The lowest BCUT2D eigenvalue weighted by Gasteiger charge is -2.43. The third kappa shape index (κ3) is 6.16. The lowest BCUT2D eigenvalue weighted by Crippen LogP contribution is -2.45. The fraction of sp³-hybridized carbons (Fsp3) is 0.875. The largest absolute Gasteiger partial charge is 0.481 e. The Bertz CT molecular complexity index is 374. The topological polar surface area (TPSA) is 72.8 Å². The first-order chi connectivity index (χ1) is 10.3. The molecule has 0 aromatic carbocycles. The Kier molecular flexibility index (Phi) is 8.25. The van der Waals surface area contributed by atoms with Crippen molar-refractivity contribution in [3.63, 3.8) is 0 Å². The van der Waals surface area contributed by atoms with E-state index in [2.05, 4.69) is 20.8 Å². The molecule has 0 spiro atoms. The van der Waals surface area contributed by atoms with Crippen molar-refractivity contribution in [3.05, 3.63) is 0 Å². The second kappa shape index (κ2) is 9.40. The van der Waals surface area contributed by atoms with Gasteiger partial charge in [0.05, 0.1) is 6.10 Å². The highest BCUT2D eigenvalue weighted by Gasteiger charge is 2.39. The molecule has 0 aromatic heterocycles. The number of carbonyl (C=O) groups excluding carboxylic acids is 1. The van der Waals surface area contributed by atoms with Crippen molar-refractivity contribution >= 4 is 23.7 Å². The highest BCUT2D eigenvalue weighted by atomic mass is 32.2. The Balaban J connectivity index is 2.43.